The number of aliphatic imine (C=N–C) groups is 2. The number of benzene rings is 5. The van der Waals surface area contributed by atoms with Gasteiger partial charge in [-0.3, -0.25) is 18.7 Å². The molecule has 0 radical (unpaired) electrons. The van der Waals surface area contributed by atoms with Gasteiger partial charge in [0.15, 0.2) is 17.6 Å². The van der Waals surface area contributed by atoms with Crippen molar-refractivity contribution in [2.45, 2.75) is 195 Å². The Balaban J connectivity index is 0.000000250. The highest BCUT2D eigenvalue weighted by molar-refractivity contribution is 6.31. The Kier molecular flexibility index (Phi) is 33.4. The second-order valence-corrected chi connectivity index (χ2v) is 31.1. The highest BCUT2D eigenvalue weighted by Crippen LogP contribution is 2.35. The van der Waals surface area contributed by atoms with Gasteiger partial charge in [0, 0.05) is 77.9 Å². The summed E-state index contributed by atoms with van der Waals surface area (Å²) < 4.78 is 51.4. The molecular formula is C87H108Cl2F2N16O8. The van der Waals surface area contributed by atoms with E-state index in [9.17, 15) is 24.0 Å². The van der Waals surface area contributed by atoms with E-state index in [4.69, 9.17) is 54.6 Å². The van der Waals surface area contributed by atoms with Crippen molar-refractivity contribution in [3.8, 4) is 33.9 Å². The average Bonchev–Trinajstić information content (AvgIpc) is 1.67. The molecule has 5 heterocycles. The summed E-state index contributed by atoms with van der Waals surface area (Å²) in [5, 5.41) is 7.72. The van der Waals surface area contributed by atoms with Gasteiger partial charge in [-0.1, -0.05) is 103 Å². The average molecular weight is 1610 g/mol. The Bertz CT molecular complexity index is 5060. The Labute approximate surface area is 680 Å². The minimum absolute atomic E-state index is 0.0178. The van der Waals surface area contributed by atoms with Gasteiger partial charge in [-0.15, -0.1) is 13.2 Å². The molecule has 0 aliphatic carbocycles. The summed E-state index contributed by atoms with van der Waals surface area (Å²) in [5.41, 5.74) is 22.7. The maximum atomic E-state index is 15.5. The molecule has 0 saturated carbocycles. The van der Waals surface area contributed by atoms with E-state index in [-0.39, 0.29) is 58.4 Å². The third-order valence-corrected chi connectivity index (χ3v) is 18.9. The molecule has 115 heavy (non-hydrogen) atoms. The lowest BCUT2D eigenvalue weighted by atomic mass is 9.99. The number of alkyl carbamates (subject to hydrolysis) is 1. The quantitative estimate of drug-likeness (QED) is 0.00677. The molecule has 0 unspecified atom stereocenters. The summed E-state index contributed by atoms with van der Waals surface area (Å²) >= 11 is 12.6. The van der Waals surface area contributed by atoms with E-state index in [1.165, 1.54) is 9.13 Å². The summed E-state index contributed by atoms with van der Waals surface area (Å²) in [4.78, 5) is 91.5. The first-order valence-electron chi connectivity index (χ1n) is 38.7. The van der Waals surface area contributed by atoms with Crippen LogP contribution in [-0.2, 0) is 33.7 Å². The summed E-state index contributed by atoms with van der Waals surface area (Å²) in [7, 11) is 0. The van der Waals surface area contributed by atoms with Crippen molar-refractivity contribution < 1.29 is 37.4 Å². The Morgan fingerprint density at radius 3 is 1.74 bits per heavy atom. The number of fused-ring (bicyclic) bond motifs is 2. The Hall–Kier alpha value is -11.1. The fraction of sp³-hybridized carbons (Fsp3) is 0.379. The van der Waals surface area contributed by atoms with E-state index in [1.807, 2.05) is 126 Å². The molecule has 10 rings (SSSR count). The van der Waals surface area contributed by atoms with E-state index in [2.05, 4.69) is 65.6 Å². The van der Waals surface area contributed by atoms with Gasteiger partial charge in [0.25, 0.3) is 0 Å². The SMILES string of the molecule is C=CCC[C@@H](c1ccc(-n2cc3cc(-c4cc(CCC[C@H](C)NC(=O)OCc5ccccc5)cc(Cl)c4F)[nH]c3nc2=O)cc1)N(CCCC)C(=O)OC(C)(C)C.C=CCC[C@H](NCCCN=C(N)N)c1ccc(-n2cc3cc(-c4cc(CCC[C@H](C)N)cc(Cl)c4F)[nH]c3nc2=O)cc1.CC(=NC(=O)OC(C)(C)C)n1ccnc1. The minimum atomic E-state index is -0.639. The number of allylic oxidation sites excluding steroid dienone is 2. The van der Waals surface area contributed by atoms with Crippen LogP contribution in [0.3, 0.4) is 0 Å². The van der Waals surface area contributed by atoms with Crippen molar-refractivity contribution in [2.75, 3.05) is 19.6 Å². The van der Waals surface area contributed by atoms with Crippen molar-refractivity contribution in [3.63, 3.8) is 0 Å². The Morgan fingerprint density at radius 1 is 0.696 bits per heavy atom. The number of hydrogen-bond acceptors (Lipinski definition) is 14. The molecule has 5 aromatic carbocycles. The zero-order valence-corrected chi connectivity index (χ0v) is 68.8. The van der Waals surface area contributed by atoms with Gasteiger partial charge in [0.05, 0.1) is 38.8 Å². The lowest BCUT2D eigenvalue weighted by Crippen LogP contribution is -2.40. The maximum Gasteiger partial charge on any atom is 0.435 e. The maximum absolute atomic E-state index is 15.5. The summed E-state index contributed by atoms with van der Waals surface area (Å²) in [6, 6.07) is 34.9. The van der Waals surface area contributed by atoms with E-state index in [1.54, 1.807) is 105 Å². The van der Waals surface area contributed by atoms with Crippen LogP contribution in [0.4, 0.5) is 23.2 Å². The number of rotatable bonds is 32. The van der Waals surface area contributed by atoms with Crippen LogP contribution in [0.5, 0.6) is 0 Å². The third-order valence-electron chi connectivity index (χ3n) is 18.3. The number of nitrogens with two attached hydrogens (primary N) is 3. The number of nitrogens with zero attached hydrogens (tertiary/aromatic N) is 9. The zero-order chi connectivity index (χ0) is 83.5. The lowest BCUT2D eigenvalue weighted by Gasteiger charge is -2.34. The number of aromatic amines is 2. The van der Waals surface area contributed by atoms with Crippen molar-refractivity contribution >= 4 is 75.3 Å². The van der Waals surface area contributed by atoms with Gasteiger partial charge < -0.3 is 56.9 Å². The largest absolute Gasteiger partial charge is 0.445 e. The van der Waals surface area contributed by atoms with Gasteiger partial charge in [-0.25, -0.2) is 37.7 Å². The fourth-order valence-electron chi connectivity index (χ4n) is 12.6. The zero-order valence-electron chi connectivity index (χ0n) is 67.3. The van der Waals surface area contributed by atoms with Crippen LogP contribution in [0, 0.1) is 11.6 Å². The Morgan fingerprint density at radius 2 is 1.23 bits per heavy atom. The number of nitrogens with one attached hydrogen (secondary N) is 4. The van der Waals surface area contributed by atoms with Crippen LogP contribution >= 0.6 is 23.2 Å². The molecule has 0 fully saturated rings. The molecule has 10 aromatic rings. The molecule has 612 valence electrons. The first-order chi connectivity index (χ1) is 54.8. The second-order valence-electron chi connectivity index (χ2n) is 30.2. The molecule has 4 atom stereocenters. The minimum Gasteiger partial charge on any atom is -0.445 e. The molecule has 24 nitrogen and oxygen atoms in total. The van der Waals surface area contributed by atoms with Crippen LogP contribution in [0.2, 0.25) is 10.0 Å². The number of hydrogen-bond donors (Lipinski definition) is 7. The highest BCUT2D eigenvalue weighted by atomic mass is 35.5. The van der Waals surface area contributed by atoms with Crippen LogP contribution in [0.15, 0.2) is 191 Å². The standard InChI is InChI=1S/C45H53ClFN5O5.C32H40ClFN8O.C10H15N3O2/c1-7-9-19-39(51(24-10-8-2)44(55)57-45(4,5)6)33-20-22-35(23-21-33)52-28-34-27-38(49-41(34)50-42(52)53)36-25-32(26-37(46)40(36)47)18-14-15-30(3)48-43(54)56-29-31-16-12-11-13-17-31;1-3-4-9-27(38-14-6-15-39-31(36)37)22-10-12-24(13-11-22)42-19-23-18-28(40-30(23)41-32(42)43)25-16-21(8-5-7-20(2)35)17-26(33)29(25)34;1-8(13-6-5-11-7-13)12-9(14)15-10(2,3)4/h7,11-13,16-17,20-23,25-28,30,39H,1,8-10,14-15,18-19,24,29H2,2-6H3,(H,48,54)(H,49,50,53);3,10-13,16-20,27,38H,1,4-9,14-15,35H2,2H3,(H4,36,37,39)(H,40,41,43);5-7H,1-4H3/t30-,39-;20-,27-;/m00./s1. The first kappa shape index (κ1) is 89.5. The van der Waals surface area contributed by atoms with Crippen LogP contribution in [0.1, 0.15) is 180 Å². The summed E-state index contributed by atoms with van der Waals surface area (Å²) in [5.74, 6) is -0.487. The number of imidazole rings is 1. The van der Waals surface area contributed by atoms with Gasteiger partial charge in [0.1, 0.15) is 41.3 Å². The molecule has 3 amide bonds. The number of guanidine groups is 1. The highest BCUT2D eigenvalue weighted by Gasteiger charge is 2.30. The van der Waals surface area contributed by atoms with Crippen molar-refractivity contribution in [2.24, 2.45) is 27.2 Å². The van der Waals surface area contributed by atoms with Crippen molar-refractivity contribution in [1.82, 2.24) is 54.2 Å². The number of amides is 3. The van der Waals surface area contributed by atoms with E-state index >= 15 is 8.78 Å². The number of carbonyl (C=O) groups is 3. The van der Waals surface area contributed by atoms with Crippen molar-refractivity contribution in [3.05, 3.63) is 242 Å². The summed E-state index contributed by atoms with van der Waals surface area (Å²) in [6.45, 7) is 28.4. The number of unbranched alkanes of at least 4 members (excludes halogenated alkanes) is 1. The number of aryl methyl sites for hydroxylation is 2. The monoisotopic (exact) mass is 1610 g/mol. The fourth-order valence-corrected chi connectivity index (χ4v) is 13.1. The lowest BCUT2D eigenvalue weighted by molar-refractivity contribution is 0.0145. The predicted molar refractivity (Wildman–Crippen MR) is 455 cm³/mol. The number of ether oxygens (including phenoxy) is 3. The van der Waals surface area contributed by atoms with Crippen molar-refractivity contribution in [1.29, 1.82) is 0 Å². The van der Waals surface area contributed by atoms with Gasteiger partial charge >= 0.3 is 29.7 Å². The normalized spacial score (nSPS) is 12.6. The number of aromatic nitrogens is 8. The van der Waals surface area contributed by atoms with E-state index in [0.29, 0.717) is 101 Å². The second kappa shape index (κ2) is 42.9. The topological polar surface area (TPSA) is 328 Å². The number of carbonyl (C=O) groups excluding carboxylic acids is 3. The molecule has 0 aliphatic heterocycles. The van der Waals surface area contributed by atoms with Gasteiger partial charge in [0.2, 0.25) is 0 Å². The molecule has 28 heteroatoms. The molecule has 5 aromatic heterocycles. The predicted octanol–water partition coefficient (Wildman–Crippen LogP) is 18.0. The molecular weight excluding hydrogens is 1510 g/mol. The van der Waals surface area contributed by atoms with Crippen LogP contribution in [-0.4, -0.2) is 117 Å². The molecule has 0 bridgehead atoms. The number of halogens is 4. The third kappa shape index (κ3) is 27.6. The number of H-pyrrole nitrogens is 2. The molecule has 0 spiro atoms. The van der Waals surface area contributed by atoms with Gasteiger partial charge in [-0.2, -0.15) is 15.0 Å². The van der Waals surface area contributed by atoms with E-state index < -0.39 is 46.4 Å². The van der Waals surface area contributed by atoms with Gasteiger partial charge in [-0.05, 0) is 234 Å². The summed E-state index contributed by atoms with van der Waals surface area (Å²) in [6.07, 6.45) is 20.7. The first-order valence-corrected chi connectivity index (χ1v) is 39.5. The smallest absolute Gasteiger partial charge is 0.435 e. The molecule has 10 N–H and O–H groups in total. The van der Waals surface area contributed by atoms with E-state index in [0.717, 1.165) is 85.7 Å². The molecule has 0 saturated heterocycles. The van der Waals surface area contributed by atoms with Crippen LogP contribution in [0.25, 0.3) is 56.0 Å². The molecule has 0 aliphatic rings. The van der Waals surface area contributed by atoms with Crippen LogP contribution < -0.4 is 39.2 Å².